The van der Waals surface area contributed by atoms with Gasteiger partial charge in [-0.3, -0.25) is 14.3 Å². The van der Waals surface area contributed by atoms with E-state index in [-0.39, 0.29) is 19.1 Å². The highest BCUT2D eigenvalue weighted by Crippen LogP contribution is 2.36. The number of hydrogen-bond acceptors (Lipinski definition) is 6. The quantitative estimate of drug-likeness (QED) is 0.147. The van der Waals surface area contributed by atoms with Gasteiger partial charge in [0.2, 0.25) is 5.91 Å². The predicted molar refractivity (Wildman–Crippen MR) is 178 cm³/mol. The molecule has 0 saturated carbocycles. The van der Waals surface area contributed by atoms with E-state index in [4.69, 9.17) is 9.47 Å². The van der Waals surface area contributed by atoms with Crippen LogP contribution in [-0.4, -0.2) is 54.0 Å². The largest absolute Gasteiger partial charge is 0.493 e. The number of benzene rings is 3. The van der Waals surface area contributed by atoms with Crippen molar-refractivity contribution in [1.29, 1.82) is 0 Å². The normalized spacial score (nSPS) is 12.3. The lowest BCUT2D eigenvalue weighted by Crippen LogP contribution is -2.35. The lowest BCUT2D eigenvalue weighted by molar-refractivity contribution is -0.141. The van der Waals surface area contributed by atoms with Crippen LogP contribution in [0, 0.1) is 13.8 Å². The molecule has 10 heteroatoms. The Kier molecular flexibility index (Phi) is 10.7. The van der Waals surface area contributed by atoms with Crippen molar-refractivity contribution in [1.82, 2.24) is 15.1 Å². The maximum Gasteiger partial charge on any atom is 0.325 e. The van der Waals surface area contributed by atoms with E-state index >= 15 is 0 Å². The van der Waals surface area contributed by atoms with Gasteiger partial charge in [-0.1, -0.05) is 36.4 Å². The maximum atomic E-state index is 13.3. The number of amides is 3. The minimum absolute atomic E-state index is 0.112. The molecule has 3 amide bonds. The Bertz CT molecular complexity index is 1700. The van der Waals surface area contributed by atoms with Gasteiger partial charge in [-0.2, -0.15) is 5.10 Å². The molecule has 10 nitrogen and oxygen atoms in total. The molecule has 0 bridgehead atoms. The summed E-state index contributed by atoms with van der Waals surface area (Å²) in [4.78, 5) is 39.0. The zero-order valence-corrected chi connectivity index (χ0v) is 26.7. The van der Waals surface area contributed by atoms with Crippen LogP contribution >= 0.6 is 0 Å². The highest BCUT2D eigenvalue weighted by molar-refractivity contribution is 5.96. The van der Waals surface area contributed by atoms with Crippen LogP contribution in [0.15, 0.2) is 73.1 Å². The first-order valence-electron chi connectivity index (χ1n) is 15.8. The van der Waals surface area contributed by atoms with Crippen molar-refractivity contribution in [3.63, 3.8) is 0 Å². The molecule has 1 aliphatic heterocycles. The van der Waals surface area contributed by atoms with Gasteiger partial charge >= 0.3 is 12.0 Å². The fourth-order valence-electron chi connectivity index (χ4n) is 5.64. The Morgan fingerprint density at radius 2 is 1.85 bits per heavy atom. The fourth-order valence-corrected chi connectivity index (χ4v) is 5.64. The van der Waals surface area contributed by atoms with Crippen LogP contribution in [0.2, 0.25) is 0 Å². The number of esters is 1. The molecule has 0 aliphatic carbocycles. The first kappa shape index (κ1) is 32.3. The van der Waals surface area contributed by atoms with Crippen molar-refractivity contribution in [2.24, 2.45) is 0 Å². The molecule has 0 atom stereocenters. The SMILES string of the molecule is CCOC(=O)CNC(=O)Nc1cccc(Cn2cc(-c3cccc4c3CCCN4C(=O)CCCOc3cccc(C)c3C)cn2)c1. The Balaban J connectivity index is 1.20. The molecule has 0 fully saturated rings. The molecule has 240 valence electrons. The first-order chi connectivity index (χ1) is 22.3. The molecule has 0 spiro atoms. The van der Waals surface area contributed by atoms with E-state index < -0.39 is 12.0 Å². The Morgan fingerprint density at radius 1 is 1.02 bits per heavy atom. The van der Waals surface area contributed by atoms with Gasteiger partial charge in [0, 0.05) is 36.1 Å². The fraction of sp³-hybridized carbons (Fsp3) is 0.333. The molecule has 3 aromatic carbocycles. The second kappa shape index (κ2) is 15.2. The third kappa shape index (κ3) is 8.12. The number of aromatic nitrogens is 2. The summed E-state index contributed by atoms with van der Waals surface area (Å²) in [7, 11) is 0. The van der Waals surface area contributed by atoms with E-state index in [1.807, 2.05) is 64.4 Å². The molecular weight excluding hydrogens is 582 g/mol. The molecule has 2 N–H and O–H groups in total. The van der Waals surface area contributed by atoms with Gasteiger partial charge in [0.1, 0.15) is 12.3 Å². The van der Waals surface area contributed by atoms with Crippen LogP contribution < -0.4 is 20.3 Å². The molecule has 1 aromatic heterocycles. The topological polar surface area (TPSA) is 115 Å². The van der Waals surface area contributed by atoms with Crippen LogP contribution in [0.4, 0.5) is 16.2 Å². The van der Waals surface area contributed by atoms with E-state index in [1.165, 1.54) is 5.56 Å². The summed E-state index contributed by atoms with van der Waals surface area (Å²) >= 11 is 0. The summed E-state index contributed by atoms with van der Waals surface area (Å²) < 4.78 is 12.7. The minimum Gasteiger partial charge on any atom is -0.493 e. The van der Waals surface area contributed by atoms with Crippen molar-refractivity contribution in [3.05, 3.63) is 95.3 Å². The molecule has 1 aliphatic rings. The third-order valence-corrected chi connectivity index (χ3v) is 8.07. The number of hydrogen-bond donors (Lipinski definition) is 2. The number of urea groups is 1. The maximum absolute atomic E-state index is 13.3. The summed E-state index contributed by atoms with van der Waals surface area (Å²) in [5.74, 6) is 0.497. The number of carbonyl (C=O) groups is 3. The summed E-state index contributed by atoms with van der Waals surface area (Å²) in [6.07, 6.45) is 6.73. The molecule has 2 heterocycles. The second-order valence-electron chi connectivity index (χ2n) is 11.3. The highest BCUT2D eigenvalue weighted by Gasteiger charge is 2.25. The van der Waals surface area contributed by atoms with E-state index in [0.29, 0.717) is 38.2 Å². The van der Waals surface area contributed by atoms with E-state index in [9.17, 15) is 14.4 Å². The molecule has 0 radical (unpaired) electrons. The average molecular weight is 624 g/mol. The first-order valence-corrected chi connectivity index (χ1v) is 15.8. The summed E-state index contributed by atoms with van der Waals surface area (Å²) in [5, 5.41) is 9.84. The molecule has 46 heavy (non-hydrogen) atoms. The van der Waals surface area contributed by atoms with E-state index in [1.54, 1.807) is 13.0 Å². The van der Waals surface area contributed by atoms with Crippen LogP contribution in [0.3, 0.4) is 0 Å². The number of fused-ring (bicyclic) bond motifs is 1. The molecule has 0 saturated heterocycles. The summed E-state index contributed by atoms with van der Waals surface area (Å²) in [6.45, 7) is 7.60. The Labute approximate surface area is 269 Å². The zero-order chi connectivity index (χ0) is 32.5. The Hall–Kier alpha value is -5.12. The smallest absolute Gasteiger partial charge is 0.325 e. The van der Waals surface area contributed by atoms with Gasteiger partial charge in [0.25, 0.3) is 0 Å². The highest BCUT2D eigenvalue weighted by atomic mass is 16.5. The monoisotopic (exact) mass is 623 g/mol. The van der Waals surface area contributed by atoms with Gasteiger partial charge in [0.05, 0.1) is 26.0 Å². The van der Waals surface area contributed by atoms with Crippen molar-refractivity contribution >= 4 is 29.3 Å². The summed E-state index contributed by atoms with van der Waals surface area (Å²) in [5.41, 5.74) is 8.07. The zero-order valence-electron chi connectivity index (χ0n) is 26.7. The van der Waals surface area contributed by atoms with E-state index in [2.05, 4.69) is 41.7 Å². The standard InChI is InChI=1S/C36H41N5O5/c1-4-45-35(43)22-37-36(44)39-29-12-6-11-27(20-29)23-40-24-28(21-38-40)30-13-7-15-32-31(30)14-8-18-41(32)34(42)17-9-19-46-33-16-5-10-25(2)26(33)3/h5-7,10-13,15-16,20-21,24H,4,8-9,14,17-19,22-23H2,1-3H3,(H2,37,39,44). The van der Waals surface area contributed by atoms with Crippen LogP contribution in [0.1, 0.15) is 48.4 Å². The number of anilines is 2. The second-order valence-corrected chi connectivity index (χ2v) is 11.3. The molecule has 4 aromatic rings. The number of nitrogens with one attached hydrogen (secondary N) is 2. The van der Waals surface area contributed by atoms with Crippen LogP contribution in [0.5, 0.6) is 5.75 Å². The third-order valence-electron chi connectivity index (χ3n) is 8.07. The predicted octanol–water partition coefficient (Wildman–Crippen LogP) is 6.04. The van der Waals surface area contributed by atoms with Gasteiger partial charge in [-0.05, 0) is 92.1 Å². The number of nitrogens with zero attached hydrogens (tertiary/aromatic N) is 3. The van der Waals surface area contributed by atoms with Crippen molar-refractivity contribution in [2.45, 2.75) is 53.0 Å². The number of aryl methyl sites for hydroxylation is 1. The van der Waals surface area contributed by atoms with E-state index in [0.717, 1.165) is 52.1 Å². The van der Waals surface area contributed by atoms with Crippen LogP contribution in [0.25, 0.3) is 11.1 Å². The molecular formula is C36H41N5O5. The van der Waals surface area contributed by atoms with Crippen molar-refractivity contribution < 1.29 is 23.9 Å². The minimum atomic E-state index is -0.491. The van der Waals surface area contributed by atoms with Gasteiger partial charge < -0.3 is 25.0 Å². The van der Waals surface area contributed by atoms with Crippen molar-refractivity contribution in [2.75, 3.05) is 36.5 Å². The van der Waals surface area contributed by atoms with Gasteiger partial charge in [-0.15, -0.1) is 0 Å². The molecule has 5 rings (SSSR count). The number of carbonyl (C=O) groups excluding carboxylic acids is 3. The van der Waals surface area contributed by atoms with Gasteiger partial charge in [-0.25, -0.2) is 4.79 Å². The molecule has 0 unspecified atom stereocenters. The number of rotatable bonds is 12. The lowest BCUT2D eigenvalue weighted by Gasteiger charge is -2.31. The average Bonchev–Trinajstić information content (AvgIpc) is 3.51. The van der Waals surface area contributed by atoms with Crippen LogP contribution in [-0.2, 0) is 27.3 Å². The lowest BCUT2D eigenvalue weighted by atomic mass is 9.93. The van der Waals surface area contributed by atoms with Crippen molar-refractivity contribution in [3.8, 4) is 16.9 Å². The van der Waals surface area contributed by atoms with Gasteiger partial charge in [0.15, 0.2) is 0 Å². The Morgan fingerprint density at radius 3 is 2.70 bits per heavy atom. The summed E-state index contributed by atoms with van der Waals surface area (Å²) in [6, 6.07) is 19.1. The number of ether oxygens (including phenoxy) is 2.